The van der Waals surface area contributed by atoms with E-state index in [1.165, 1.54) is 16.0 Å². The number of nitriles is 1. The van der Waals surface area contributed by atoms with E-state index in [0.29, 0.717) is 30.6 Å². The first-order valence-corrected chi connectivity index (χ1v) is 11.2. The lowest BCUT2D eigenvalue weighted by atomic mass is 10.1. The molecule has 154 valence electrons. The number of nitrogens with one attached hydrogen (secondary N) is 1. The molecule has 0 unspecified atom stereocenters. The number of carbonyl (C=O) groups excluding carboxylic acids is 1. The van der Waals surface area contributed by atoms with Crippen molar-refractivity contribution >= 4 is 52.0 Å². The van der Waals surface area contributed by atoms with Crippen LogP contribution in [0.1, 0.15) is 35.3 Å². The topological polar surface area (TPSA) is 74.0 Å². The fourth-order valence-corrected chi connectivity index (χ4v) is 4.95. The molecule has 30 heavy (non-hydrogen) atoms. The summed E-state index contributed by atoms with van der Waals surface area (Å²) in [6.07, 6.45) is 3.17. The van der Waals surface area contributed by atoms with Crippen LogP contribution in [0.5, 0.6) is 0 Å². The van der Waals surface area contributed by atoms with Crippen LogP contribution in [0.3, 0.4) is 0 Å². The summed E-state index contributed by atoms with van der Waals surface area (Å²) in [5, 5.41) is 17.1. The highest BCUT2D eigenvalue weighted by Crippen LogP contribution is 2.37. The minimum absolute atomic E-state index is 0.0358. The summed E-state index contributed by atoms with van der Waals surface area (Å²) in [4.78, 5) is 13.7. The molecule has 1 fully saturated rings. The standard InChI is InChI=1S/C20H16Cl3N5OS/c21-12-4-5-15(14(22)10-12)28-19(16-6-7-17(23)30-16)13(11-24)18(25-28)20(29)26-27-8-2-1-3-9-27/h4-7,10H,1-3,8-9H2,(H,26,29). The second kappa shape index (κ2) is 8.96. The van der Waals surface area contributed by atoms with Crippen molar-refractivity contribution in [2.24, 2.45) is 0 Å². The monoisotopic (exact) mass is 479 g/mol. The number of rotatable bonds is 4. The van der Waals surface area contributed by atoms with Gasteiger partial charge in [0.1, 0.15) is 17.3 Å². The zero-order valence-corrected chi connectivity index (χ0v) is 18.7. The van der Waals surface area contributed by atoms with Gasteiger partial charge in [-0.2, -0.15) is 10.4 Å². The van der Waals surface area contributed by atoms with Gasteiger partial charge in [-0.15, -0.1) is 11.3 Å². The molecule has 6 nitrogen and oxygen atoms in total. The third kappa shape index (κ3) is 4.20. The van der Waals surface area contributed by atoms with E-state index in [1.54, 1.807) is 30.3 Å². The molecule has 4 rings (SSSR count). The second-order valence-corrected chi connectivity index (χ2v) is 9.34. The van der Waals surface area contributed by atoms with Gasteiger partial charge in [-0.1, -0.05) is 41.2 Å². The maximum absolute atomic E-state index is 13.0. The Morgan fingerprint density at radius 1 is 1.13 bits per heavy atom. The molecule has 0 atom stereocenters. The van der Waals surface area contributed by atoms with Gasteiger partial charge >= 0.3 is 0 Å². The van der Waals surface area contributed by atoms with Crippen LogP contribution in [0.2, 0.25) is 14.4 Å². The van der Waals surface area contributed by atoms with Crippen molar-refractivity contribution in [2.75, 3.05) is 13.1 Å². The molecule has 0 spiro atoms. The molecule has 1 amide bonds. The smallest absolute Gasteiger partial charge is 0.283 e. The number of hydrogen-bond donors (Lipinski definition) is 1. The number of hydrogen-bond acceptors (Lipinski definition) is 5. The fourth-order valence-electron chi connectivity index (χ4n) is 3.38. The predicted octanol–water partition coefficient (Wildman–Crippen LogP) is 5.56. The number of nitrogens with zero attached hydrogens (tertiary/aromatic N) is 4. The highest BCUT2D eigenvalue weighted by molar-refractivity contribution is 7.19. The van der Waals surface area contributed by atoms with Crippen LogP contribution < -0.4 is 5.43 Å². The lowest BCUT2D eigenvalue weighted by Gasteiger charge is -2.26. The van der Waals surface area contributed by atoms with Crippen molar-refractivity contribution in [2.45, 2.75) is 19.3 Å². The summed E-state index contributed by atoms with van der Waals surface area (Å²) >= 11 is 19.9. The normalized spacial score (nSPS) is 14.5. The zero-order chi connectivity index (χ0) is 21.3. The van der Waals surface area contributed by atoms with Crippen LogP contribution in [0, 0.1) is 11.3 Å². The molecule has 2 aromatic heterocycles. The molecule has 10 heteroatoms. The number of hydrazine groups is 1. The van der Waals surface area contributed by atoms with Gasteiger partial charge < -0.3 is 0 Å². The molecule has 3 heterocycles. The van der Waals surface area contributed by atoms with Crippen molar-refractivity contribution < 1.29 is 4.79 Å². The van der Waals surface area contributed by atoms with E-state index in [9.17, 15) is 10.1 Å². The van der Waals surface area contributed by atoms with Crippen LogP contribution >= 0.6 is 46.1 Å². The minimum atomic E-state index is -0.429. The summed E-state index contributed by atoms with van der Waals surface area (Å²) in [7, 11) is 0. The summed E-state index contributed by atoms with van der Waals surface area (Å²) in [5.74, 6) is -0.429. The Morgan fingerprint density at radius 3 is 2.53 bits per heavy atom. The highest BCUT2D eigenvalue weighted by Gasteiger charge is 2.28. The molecule has 0 aliphatic carbocycles. The molecule has 1 aromatic carbocycles. The summed E-state index contributed by atoms with van der Waals surface area (Å²) in [5.41, 5.74) is 4.04. The Labute approximate surface area is 192 Å². The van der Waals surface area contributed by atoms with Crippen LogP contribution in [-0.4, -0.2) is 33.8 Å². The Morgan fingerprint density at radius 2 is 1.90 bits per heavy atom. The zero-order valence-electron chi connectivity index (χ0n) is 15.7. The van der Waals surface area contributed by atoms with E-state index >= 15 is 0 Å². The number of amides is 1. The molecule has 1 aliphatic rings. The summed E-state index contributed by atoms with van der Waals surface area (Å²) in [6.45, 7) is 1.54. The first kappa shape index (κ1) is 21.2. The first-order valence-electron chi connectivity index (χ1n) is 9.28. The molecule has 0 radical (unpaired) electrons. The predicted molar refractivity (Wildman–Crippen MR) is 120 cm³/mol. The Kier molecular flexibility index (Phi) is 6.32. The number of carbonyl (C=O) groups is 1. The van der Waals surface area contributed by atoms with Crippen molar-refractivity contribution in [3.8, 4) is 22.3 Å². The Bertz CT molecular complexity index is 1140. The van der Waals surface area contributed by atoms with Gasteiger partial charge in [-0.05, 0) is 43.2 Å². The maximum atomic E-state index is 13.0. The van der Waals surface area contributed by atoms with Gasteiger partial charge in [-0.25, -0.2) is 9.69 Å². The summed E-state index contributed by atoms with van der Waals surface area (Å²) in [6, 6.07) is 10.6. The number of piperidine rings is 1. The molecular formula is C20H16Cl3N5OS. The number of benzene rings is 1. The number of thiophene rings is 1. The van der Waals surface area contributed by atoms with E-state index in [4.69, 9.17) is 34.8 Å². The average Bonchev–Trinajstić information content (AvgIpc) is 3.32. The highest BCUT2D eigenvalue weighted by atomic mass is 35.5. The molecule has 3 aromatic rings. The molecule has 1 aliphatic heterocycles. The van der Waals surface area contributed by atoms with Crippen LogP contribution in [0.25, 0.3) is 16.3 Å². The van der Waals surface area contributed by atoms with E-state index < -0.39 is 5.91 Å². The van der Waals surface area contributed by atoms with Gasteiger partial charge in [0.2, 0.25) is 0 Å². The number of halogens is 3. The van der Waals surface area contributed by atoms with Gasteiger partial charge in [-0.3, -0.25) is 10.2 Å². The third-order valence-electron chi connectivity index (χ3n) is 4.77. The molecule has 1 N–H and O–H groups in total. The third-order valence-corrected chi connectivity index (χ3v) is 6.55. The van der Waals surface area contributed by atoms with E-state index in [0.717, 1.165) is 32.4 Å². The van der Waals surface area contributed by atoms with Crippen molar-refractivity contribution in [3.05, 3.63) is 56.0 Å². The SMILES string of the molecule is N#Cc1c(C(=O)NN2CCCCC2)nn(-c2ccc(Cl)cc2Cl)c1-c1ccc(Cl)s1. The van der Waals surface area contributed by atoms with Crippen LogP contribution in [0.15, 0.2) is 30.3 Å². The fraction of sp³-hybridized carbons (Fsp3) is 0.250. The Balaban J connectivity index is 1.84. The van der Waals surface area contributed by atoms with E-state index in [1.807, 2.05) is 5.01 Å². The maximum Gasteiger partial charge on any atom is 0.287 e. The quantitative estimate of drug-likeness (QED) is 0.530. The van der Waals surface area contributed by atoms with Crippen molar-refractivity contribution in [1.29, 1.82) is 5.26 Å². The lowest BCUT2D eigenvalue weighted by Crippen LogP contribution is -2.45. The van der Waals surface area contributed by atoms with Gasteiger partial charge in [0, 0.05) is 18.1 Å². The van der Waals surface area contributed by atoms with E-state index in [2.05, 4.69) is 16.6 Å². The molecular weight excluding hydrogens is 465 g/mol. The lowest BCUT2D eigenvalue weighted by molar-refractivity contribution is 0.0744. The molecule has 1 saturated heterocycles. The Hall–Kier alpha value is -2.08. The van der Waals surface area contributed by atoms with Crippen molar-refractivity contribution in [3.63, 3.8) is 0 Å². The van der Waals surface area contributed by atoms with Gasteiger partial charge in [0.15, 0.2) is 5.69 Å². The van der Waals surface area contributed by atoms with Gasteiger partial charge in [0.05, 0.1) is 19.9 Å². The molecule has 0 saturated carbocycles. The number of aromatic nitrogens is 2. The van der Waals surface area contributed by atoms with E-state index in [-0.39, 0.29) is 11.3 Å². The summed E-state index contributed by atoms with van der Waals surface area (Å²) < 4.78 is 2.06. The average molecular weight is 481 g/mol. The van der Waals surface area contributed by atoms with Crippen LogP contribution in [-0.2, 0) is 0 Å². The van der Waals surface area contributed by atoms with Gasteiger partial charge in [0.25, 0.3) is 5.91 Å². The van der Waals surface area contributed by atoms with Crippen molar-refractivity contribution in [1.82, 2.24) is 20.2 Å². The first-order chi connectivity index (χ1) is 14.5. The second-order valence-electron chi connectivity index (χ2n) is 6.78. The minimum Gasteiger partial charge on any atom is -0.283 e. The van der Waals surface area contributed by atoms with Crippen LogP contribution in [0.4, 0.5) is 0 Å². The molecule has 0 bridgehead atoms. The largest absolute Gasteiger partial charge is 0.287 e.